The lowest BCUT2D eigenvalue weighted by Crippen LogP contribution is -2.37. The molecule has 1 fully saturated rings. The molecule has 0 radical (unpaired) electrons. The van der Waals surface area contributed by atoms with Gasteiger partial charge in [0.1, 0.15) is 11.1 Å². The van der Waals surface area contributed by atoms with Gasteiger partial charge in [-0.3, -0.25) is 19.3 Å². The van der Waals surface area contributed by atoms with E-state index >= 15 is 0 Å². The Bertz CT molecular complexity index is 571. The highest BCUT2D eigenvalue weighted by atomic mass is 35.5. The Morgan fingerprint density at radius 2 is 2.00 bits per heavy atom. The number of carbonyl (C=O) groups excluding carboxylic acids is 2. The molecule has 2 amide bonds. The number of benzene rings is 1. The zero-order valence-corrected chi connectivity index (χ0v) is 12.0. The first kappa shape index (κ1) is 15.3. The quantitative estimate of drug-likeness (QED) is 0.671. The van der Waals surface area contributed by atoms with E-state index in [2.05, 4.69) is 0 Å². The van der Waals surface area contributed by atoms with Crippen molar-refractivity contribution in [1.29, 1.82) is 0 Å². The van der Waals surface area contributed by atoms with Gasteiger partial charge in [0, 0.05) is 12.1 Å². The van der Waals surface area contributed by atoms with Crippen molar-refractivity contribution in [2.24, 2.45) is 5.92 Å². The summed E-state index contributed by atoms with van der Waals surface area (Å²) in [5, 5.41) is 7.54. The molecule has 2 atom stereocenters. The predicted octanol–water partition coefficient (Wildman–Crippen LogP) is 1.38. The van der Waals surface area contributed by atoms with Gasteiger partial charge >= 0.3 is 5.97 Å². The third kappa shape index (κ3) is 3.00. The number of carboxylic acid groups (broad SMARTS) is 1. The predicted molar refractivity (Wildman–Crippen MR) is 74.4 cm³/mol. The zero-order valence-electron chi connectivity index (χ0n) is 11.3. The topological polar surface area (TPSA) is 83.9 Å². The van der Waals surface area contributed by atoms with Gasteiger partial charge in [-0.25, -0.2) is 0 Å². The third-order valence-electron chi connectivity index (χ3n) is 3.42. The van der Waals surface area contributed by atoms with E-state index in [1.165, 1.54) is 7.11 Å². The molecule has 1 aliphatic heterocycles. The van der Waals surface area contributed by atoms with Crippen molar-refractivity contribution in [3.63, 3.8) is 0 Å². The summed E-state index contributed by atoms with van der Waals surface area (Å²) in [6.07, 6.45) is 0.251. The van der Waals surface area contributed by atoms with Crippen LogP contribution in [0, 0.1) is 5.92 Å². The van der Waals surface area contributed by atoms with Crippen LogP contribution in [0.15, 0.2) is 24.3 Å². The fourth-order valence-electron chi connectivity index (χ4n) is 2.24. The Morgan fingerprint density at radius 1 is 1.38 bits per heavy atom. The summed E-state index contributed by atoms with van der Waals surface area (Å²) in [6, 6.07) is 6.34. The molecule has 112 valence electrons. The van der Waals surface area contributed by atoms with E-state index < -0.39 is 29.1 Å². The number of imide groups is 1. The number of carbonyl (C=O) groups is 3. The second-order valence-electron chi connectivity index (χ2n) is 4.66. The molecule has 0 unspecified atom stereocenters. The van der Waals surface area contributed by atoms with Crippen molar-refractivity contribution in [1.82, 2.24) is 4.90 Å². The van der Waals surface area contributed by atoms with Gasteiger partial charge in [-0.2, -0.15) is 0 Å². The van der Waals surface area contributed by atoms with E-state index in [0.717, 1.165) is 4.90 Å². The van der Waals surface area contributed by atoms with E-state index in [1.54, 1.807) is 24.3 Å². The highest BCUT2D eigenvalue weighted by molar-refractivity contribution is 6.31. The molecule has 1 N–H and O–H groups in total. The molecule has 0 spiro atoms. The van der Waals surface area contributed by atoms with Crippen molar-refractivity contribution >= 4 is 29.4 Å². The number of amides is 2. The maximum absolute atomic E-state index is 12.3. The molecule has 0 bridgehead atoms. The fourth-order valence-corrected chi connectivity index (χ4v) is 2.47. The van der Waals surface area contributed by atoms with Gasteiger partial charge < -0.3 is 9.84 Å². The summed E-state index contributed by atoms with van der Waals surface area (Å²) >= 11 is 5.70. The van der Waals surface area contributed by atoms with Crippen LogP contribution in [0.2, 0.25) is 0 Å². The fraction of sp³-hybridized carbons (Fsp3) is 0.357. The van der Waals surface area contributed by atoms with Crippen LogP contribution in [0.4, 0.5) is 0 Å². The number of aliphatic carboxylic acids is 1. The van der Waals surface area contributed by atoms with Crippen molar-refractivity contribution in [3.8, 4) is 5.75 Å². The molecule has 1 aliphatic rings. The summed E-state index contributed by atoms with van der Waals surface area (Å²) in [7, 11) is 1.51. The van der Waals surface area contributed by atoms with E-state index in [-0.39, 0.29) is 13.0 Å². The Hall–Kier alpha value is -2.08. The van der Waals surface area contributed by atoms with Crippen molar-refractivity contribution in [3.05, 3.63) is 29.8 Å². The maximum atomic E-state index is 12.3. The van der Waals surface area contributed by atoms with Gasteiger partial charge in [0.2, 0.25) is 5.91 Å². The number of methoxy groups -OCH3 is 1. The number of likely N-dealkylation sites (tertiary alicyclic amines) is 1. The van der Waals surface area contributed by atoms with E-state index in [0.29, 0.717) is 11.3 Å². The molecule has 0 aromatic heterocycles. The molecule has 0 saturated carbocycles. The van der Waals surface area contributed by atoms with Crippen LogP contribution in [0.3, 0.4) is 0 Å². The van der Waals surface area contributed by atoms with Crippen LogP contribution in [-0.4, -0.2) is 46.8 Å². The molecule has 1 aromatic carbocycles. The number of carboxylic acids is 1. The van der Waals surface area contributed by atoms with Crippen molar-refractivity contribution < 1.29 is 24.2 Å². The minimum Gasteiger partial charge on any atom is -0.497 e. The van der Waals surface area contributed by atoms with Gasteiger partial charge in [-0.1, -0.05) is 0 Å². The summed E-state index contributed by atoms with van der Waals surface area (Å²) in [6.45, 7) is 0.171. The summed E-state index contributed by atoms with van der Waals surface area (Å²) in [4.78, 5) is 36.3. The SMILES string of the molecule is COc1ccc(C(=O)N2CC[C@H]([C@@H](Cl)C(=O)O)C2=O)cc1. The lowest BCUT2D eigenvalue weighted by Gasteiger charge is -2.16. The van der Waals surface area contributed by atoms with Crippen LogP contribution < -0.4 is 4.74 Å². The average Bonchev–Trinajstić information content (AvgIpc) is 2.87. The summed E-state index contributed by atoms with van der Waals surface area (Å²) in [5.41, 5.74) is 0.339. The van der Waals surface area contributed by atoms with Gasteiger partial charge in [0.05, 0.1) is 13.0 Å². The molecule has 7 heteroatoms. The Balaban J connectivity index is 2.13. The van der Waals surface area contributed by atoms with Crippen LogP contribution in [-0.2, 0) is 9.59 Å². The Labute approximate surface area is 126 Å². The largest absolute Gasteiger partial charge is 0.497 e. The van der Waals surface area contributed by atoms with Gasteiger partial charge in [0.15, 0.2) is 0 Å². The summed E-state index contributed by atoms with van der Waals surface area (Å²) < 4.78 is 5.00. The molecular weight excluding hydrogens is 298 g/mol. The third-order valence-corrected chi connectivity index (χ3v) is 3.91. The lowest BCUT2D eigenvalue weighted by atomic mass is 10.0. The number of alkyl halides is 1. The number of hydrogen-bond donors (Lipinski definition) is 1. The lowest BCUT2D eigenvalue weighted by molar-refractivity contribution is -0.141. The molecule has 6 nitrogen and oxygen atoms in total. The molecule has 1 heterocycles. The Kier molecular flexibility index (Phi) is 4.47. The molecule has 1 aromatic rings. The van der Waals surface area contributed by atoms with Crippen LogP contribution >= 0.6 is 11.6 Å². The van der Waals surface area contributed by atoms with Gasteiger partial charge in [0.25, 0.3) is 5.91 Å². The second-order valence-corrected chi connectivity index (χ2v) is 5.13. The average molecular weight is 312 g/mol. The first-order valence-electron chi connectivity index (χ1n) is 6.32. The number of nitrogens with zero attached hydrogens (tertiary/aromatic N) is 1. The van der Waals surface area contributed by atoms with E-state index in [9.17, 15) is 14.4 Å². The highest BCUT2D eigenvalue weighted by Gasteiger charge is 2.42. The van der Waals surface area contributed by atoms with Crippen molar-refractivity contribution in [2.45, 2.75) is 11.8 Å². The number of rotatable bonds is 4. The van der Waals surface area contributed by atoms with Gasteiger partial charge in [-0.05, 0) is 30.7 Å². The molecule has 21 heavy (non-hydrogen) atoms. The van der Waals surface area contributed by atoms with E-state index in [1.807, 2.05) is 0 Å². The standard InChI is InChI=1S/C14H14ClNO5/c1-21-9-4-2-8(3-5-9)12(17)16-7-6-10(13(16)18)11(15)14(19)20/h2-5,10-11H,6-7H2,1H3,(H,19,20)/t10-,11-/m1/s1. The molecular formula is C14H14ClNO5. The maximum Gasteiger partial charge on any atom is 0.322 e. The second kappa shape index (κ2) is 6.13. The minimum absolute atomic E-state index is 0.171. The smallest absolute Gasteiger partial charge is 0.322 e. The zero-order chi connectivity index (χ0) is 15.6. The highest BCUT2D eigenvalue weighted by Crippen LogP contribution is 2.26. The summed E-state index contributed by atoms with van der Waals surface area (Å²) in [5.74, 6) is -2.53. The first-order chi connectivity index (χ1) is 9.95. The van der Waals surface area contributed by atoms with E-state index in [4.69, 9.17) is 21.4 Å². The molecule has 0 aliphatic carbocycles. The normalized spacial score (nSPS) is 19.4. The number of ether oxygens (including phenoxy) is 1. The molecule has 1 saturated heterocycles. The van der Waals surface area contributed by atoms with Gasteiger partial charge in [-0.15, -0.1) is 11.6 Å². The first-order valence-corrected chi connectivity index (χ1v) is 6.76. The minimum atomic E-state index is -1.31. The van der Waals surface area contributed by atoms with Crippen LogP contribution in [0.25, 0.3) is 0 Å². The van der Waals surface area contributed by atoms with Crippen LogP contribution in [0.5, 0.6) is 5.75 Å². The van der Waals surface area contributed by atoms with Crippen molar-refractivity contribution in [2.75, 3.05) is 13.7 Å². The Morgan fingerprint density at radius 3 is 2.52 bits per heavy atom. The molecule has 2 rings (SSSR count). The number of halogens is 1. The monoisotopic (exact) mass is 311 g/mol. The van der Waals surface area contributed by atoms with Crippen LogP contribution in [0.1, 0.15) is 16.8 Å². The number of hydrogen-bond acceptors (Lipinski definition) is 4.